The molecule has 20 heavy (non-hydrogen) atoms. The molecule has 1 saturated heterocycles. The molecule has 0 bridgehead atoms. The molecule has 1 heterocycles. The van der Waals surface area contributed by atoms with Crippen LogP contribution in [0.2, 0.25) is 0 Å². The van der Waals surface area contributed by atoms with Crippen LogP contribution in [0.25, 0.3) is 0 Å². The first kappa shape index (κ1) is 14.8. The predicted octanol–water partition coefficient (Wildman–Crippen LogP) is 2.10. The van der Waals surface area contributed by atoms with Crippen molar-refractivity contribution in [2.24, 2.45) is 5.73 Å². The smallest absolute Gasteiger partial charge is 0.222 e. The summed E-state index contributed by atoms with van der Waals surface area (Å²) >= 11 is 4.94. The van der Waals surface area contributed by atoms with Gasteiger partial charge in [-0.2, -0.15) is 0 Å². The van der Waals surface area contributed by atoms with E-state index in [1.54, 1.807) is 0 Å². The third-order valence-corrected chi connectivity index (χ3v) is 3.66. The quantitative estimate of drug-likeness (QED) is 0.844. The lowest BCUT2D eigenvalue weighted by Crippen LogP contribution is -2.34. The number of nitrogens with zero attached hydrogens (tertiary/aromatic N) is 1. The Morgan fingerprint density at radius 2 is 2.20 bits per heavy atom. The molecule has 4 nitrogen and oxygen atoms in total. The zero-order valence-corrected chi connectivity index (χ0v) is 12.3. The van der Waals surface area contributed by atoms with Crippen LogP contribution in [0.3, 0.4) is 0 Å². The Labute approximate surface area is 124 Å². The fourth-order valence-corrected chi connectivity index (χ4v) is 2.41. The van der Waals surface area contributed by atoms with Gasteiger partial charge < -0.3 is 15.4 Å². The topological polar surface area (TPSA) is 55.6 Å². The molecule has 0 atom stereocenters. The Hall–Kier alpha value is -1.62. The number of likely N-dealkylation sites (tertiary alicyclic amines) is 1. The number of nitrogens with two attached hydrogens (primary N) is 1. The fourth-order valence-electron chi connectivity index (χ4n) is 2.29. The van der Waals surface area contributed by atoms with Gasteiger partial charge >= 0.3 is 0 Å². The molecule has 0 radical (unpaired) electrons. The van der Waals surface area contributed by atoms with Gasteiger partial charge in [0.1, 0.15) is 17.3 Å². The number of thiocarbonyl (C=S) groups is 1. The van der Waals surface area contributed by atoms with Crippen LogP contribution in [-0.2, 0) is 4.79 Å². The number of hydrogen-bond acceptors (Lipinski definition) is 3. The van der Waals surface area contributed by atoms with Crippen molar-refractivity contribution in [3.05, 3.63) is 29.8 Å². The van der Waals surface area contributed by atoms with Crippen LogP contribution >= 0.6 is 12.2 Å². The molecule has 1 aromatic rings. The summed E-state index contributed by atoms with van der Waals surface area (Å²) < 4.78 is 5.68. The maximum absolute atomic E-state index is 11.8. The molecule has 1 fully saturated rings. The highest BCUT2D eigenvalue weighted by Gasteiger charge is 2.15. The van der Waals surface area contributed by atoms with Gasteiger partial charge in [-0.25, -0.2) is 0 Å². The van der Waals surface area contributed by atoms with Crippen molar-refractivity contribution in [1.82, 2.24) is 4.90 Å². The van der Waals surface area contributed by atoms with Gasteiger partial charge in [-0.05, 0) is 25.0 Å². The molecule has 1 aliphatic rings. The van der Waals surface area contributed by atoms with Crippen LogP contribution in [0, 0.1) is 0 Å². The Bertz CT molecular complexity index is 491. The van der Waals surface area contributed by atoms with E-state index in [1.165, 1.54) is 0 Å². The summed E-state index contributed by atoms with van der Waals surface area (Å²) in [4.78, 5) is 14.1. The normalized spacial score (nSPS) is 15.8. The average molecular weight is 292 g/mol. The molecule has 0 unspecified atom stereocenters. The number of benzene rings is 1. The highest BCUT2D eigenvalue weighted by atomic mass is 32.1. The lowest BCUT2D eigenvalue weighted by atomic mass is 10.2. The zero-order chi connectivity index (χ0) is 14.4. The van der Waals surface area contributed by atoms with Gasteiger partial charge in [0.15, 0.2) is 0 Å². The average Bonchev–Trinajstić information content (AvgIpc) is 2.64. The van der Waals surface area contributed by atoms with Crippen LogP contribution in [0.15, 0.2) is 24.3 Å². The summed E-state index contributed by atoms with van der Waals surface area (Å²) in [6.45, 7) is 1.97. The van der Waals surface area contributed by atoms with E-state index in [9.17, 15) is 4.79 Å². The summed E-state index contributed by atoms with van der Waals surface area (Å²) in [6.07, 6.45) is 3.89. The molecular formula is C15H20N2O2S. The van der Waals surface area contributed by atoms with Crippen LogP contribution in [0.4, 0.5) is 0 Å². The van der Waals surface area contributed by atoms with Crippen molar-refractivity contribution in [2.75, 3.05) is 19.7 Å². The first-order chi connectivity index (χ1) is 9.66. The number of carbonyl (C=O) groups excluding carboxylic acids is 1. The molecule has 2 N–H and O–H groups in total. The number of carbonyl (C=O) groups is 1. The monoisotopic (exact) mass is 292 g/mol. The molecule has 0 aliphatic carbocycles. The number of hydrogen-bond donors (Lipinski definition) is 1. The third kappa shape index (κ3) is 4.20. The molecule has 0 saturated carbocycles. The van der Waals surface area contributed by atoms with Gasteiger partial charge in [0.05, 0.1) is 6.54 Å². The Kier molecular flexibility index (Phi) is 5.35. The van der Waals surface area contributed by atoms with E-state index >= 15 is 0 Å². The number of rotatable bonds is 5. The first-order valence-corrected chi connectivity index (χ1v) is 7.38. The number of amides is 1. The largest absolute Gasteiger partial charge is 0.492 e. The predicted molar refractivity (Wildman–Crippen MR) is 82.9 cm³/mol. The summed E-state index contributed by atoms with van der Waals surface area (Å²) in [6, 6.07) is 7.41. The van der Waals surface area contributed by atoms with E-state index < -0.39 is 0 Å². The first-order valence-electron chi connectivity index (χ1n) is 6.97. The van der Waals surface area contributed by atoms with Crippen molar-refractivity contribution >= 4 is 23.1 Å². The molecule has 108 valence electrons. The van der Waals surface area contributed by atoms with Gasteiger partial charge in [-0.3, -0.25) is 4.79 Å². The summed E-state index contributed by atoms with van der Waals surface area (Å²) in [5, 5.41) is 0. The van der Waals surface area contributed by atoms with Gasteiger partial charge in [0.2, 0.25) is 5.91 Å². The minimum atomic E-state index is 0.239. The molecule has 2 rings (SSSR count). The summed E-state index contributed by atoms with van der Waals surface area (Å²) in [5.74, 6) is 0.973. The van der Waals surface area contributed by atoms with Crippen molar-refractivity contribution in [3.8, 4) is 5.75 Å². The Morgan fingerprint density at radius 3 is 3.00 bits per heavy atom. The van der Waals surface area contributed by atoms with Crippen molar-refractivity contribution in [1.29, 1.82) is 0 Å². The molecule has 0 aromatic heterocycles. The van der Waals surface area contributed by atoms with Crippen LogP contribution < -0.4 is 10.5 Å². The van der Waals surface area contributed by atoms with E-state index in [1.807, 2.05) is 29.2 Å². The molecule has 1 aliphatic heterocycles. The van der Waals surface area contributed by atoms with Crippen LogP contribution in [0.5, 0.6) is 5.75 Å². The minimum absolute atomic E-state index is 0.239. The highest BCUT2D eigenvalue weighted by Crippen LogP contribution is 2.14. The maximum atomic E-state index is 11.8. The van der Waals surface area contributed by atoms with Crippen molar-refractivity contribution in [3.63, 3.8) is 0 Å². The second-order valence-electron chi connectivity index (χ2n) is 4.93. The lowest BCUT2D eigenvalue weighted by molar-refractivity contribution is -0.131. The summed E-state index contributed by atoms with van der Waals surface area (Å²) in [7, 11) is 0. The Balaban J connectivity index is 1.84. The summed E-state index contributed by atoms with van der Waals surface area (Å²) in [5.41, 5.74) is 6.38. The van der Waals surface area contributed by atoms with E-state index in [0.29, 0.717) is 24.6 Å². The van der Waals surface area contributed by atoms with Gasteiger partial charge in [-0.1, -0.05) is 30.8 Å². The van der Waals surface area contributed by atoms with E-state index in [0.717, 1.165) is 37.1 Å². The van der Waals surface area contributed by atoms with E-state index in [-0.39, 0.29) is 5.91 Å². The third-order valence-electron chi connectivity index (χ3n) is 3.42. The molecule has 5 heteroatoms. The van der Waals surface area contributed by atoms with E-state index in [4.69, 9.17) is 22.7 Å². The highest BCUT2D eigenvalue weighted by molar-refractivity contribution is 7.80. The fraction of sp³-hybridized carbons (Fsp3) is 0.467. The standard InChI is InChI=1S/C15H20N2O2S/c16-15(20)12-5-4-6-13(11-12)19-10-9-17-8-3-1-2-7-14(17)18/h4-6,11H,1-3,7-10H2,(H2,16,20). The molecule has 0 spiro atoms. The SMILES string of the molecule is NC(=S)c1cccc(OCCN2CCCCCC2=O)c1. The van der Waals surface area contributed by atoms with Crippen molar-refractivity contribution < 1.29 is 9.53 Å². The van der Waals surface area contributed by atoms with Crippen LogP contribution in [-0.4, -0.2) is 35.5 Å². The van der Waals surface area contributed by atoms with Crippen LogP contribution in [0.1, 0.15) is 31.2 Å². The molecular weight excluding hydrogens is 272 g/mol. The second kappa shape index (κ2) is 7.24. The maximum Gasteiger partial charge on any atom is 0.222 e. The van der Waals surface area contributed by atoms with E-state index in [2.05, 4.69) is 0 Å². The minimum Gasteiger partial charge on any atom is -0.492 e. The Morgan fingerprint density at radius 1 is 1.35 bits per heavy atom. The van der Waals surface area contributed by atoms with Gasteiger partial charge in [0, 0.05) is 18.5 Å². The second-order valence-corrected chi connectivity index (χ2v) is 5.37. The zero-order valence-electron chi connectivity index (χ0n) is 11.5. The molecule has 1 amide bonds. The van der Waals surface area contributed by atoms with Gasteiger partial charge in [-0.15, -0.1) is 0 Å². The molecule has 1 aromatic carbocycles. The van der Waals surface area contributed by atoms with Gasteiger partial charge in [0.25, 0.3) is 0 Å². The lowest BCUT2D eigenvalue weighted by Gasteiger charge is -2.20. The van der Waals surface area contributed by atoms with Crippen molar-refractivity contribution in [2.45, 2.75) is 25.7 Å². The number of ether oxygens (including phenoxy) is 1.